The summed E-state index contributed by atoms with van der Waals surface area (Å²) < 4.78 is 0. The van der Waals surface area contributed by atoms with Gasteiger partial charge in [0.15, 0.2) is 0 Å². The molecule has 0 aliphatic rings. The van der Waals surface area contributed by atoms with E-state index in [4.69, 9.17) is 0 Å². The van der Waals surface area contributed by atoms with Gasteiger partial charge in [-0.3, -0.25) is 0 Å². The van der Waals surface area contributed by atoms with Crippen LogP contribution in [0.3, 0.4) is 0 Å². The van der Waals surface area contributed by atoms with Crippen LogP contribution in [0.15, 0.2) is 182 Å². The summed E-state index contributed by atoms with van der Waals surface area (Å²) in [5.41, 5.74) is 2.36. The molecule has 0 N–H and O–H groups in total. The number of benzene rings is 6. The molecule has 0 aliphatic carbocycles. The number of carboxylic acids is 2. The average molecular weight is 838 g/mol. The third kappa shape index (κ3) is 7.44. The molecule has 2 atom stereocenters. The van der Waals surface area contributed by atoms with Crippen molar-refractivity contribution in [1.82, 2.24) is 0 Å². The predicted molar refractivity (Wildman–Crippen MR) is 193 cm³/mol. The molecular formula is C44H38O4Pb. The van der Waals surface area contributed by atoms with Crippen molar-refractivity contribution >= 4 is 39.2 Å². The van der Waals surface area contributed by atoms with Gasteiger partial charge >= 0.3 is 27.3 Å². The number of carboxylic acid groups (broad SMARTS) is 2. The van der Waals surface area contributed by atoms with E-state index in [1.807, 2.05) is 196 Å². The molecule has 0 aliphatic heterocycles. The molecule has 6 aromatic rings. The number of carbonyl (C=O) groups excluding carboxylic acids is 2. The normalized spacial score (nSPS) is 12.3. The Balaban J connectivity index is 0.000000216. The Morgan fingerprint density at radius 3 is 0.755 bits per heavy atom. The van der Waals surface area contributed by atoms with E-state index in [0.717, 1.165) is 33.4 Å². The van der Waals surface area contributed by atoms with Crippen LogP contribution in [0.4, 0.5) is 0 Å². The van der Waals surface area contributed by atoms with Crippen LogP contribution in [0.5, 0.6) is 0 Å². The SMILES string of the molecule is CC(c1ccccc1)C(C(=O)[O-])(c1ccccc1)c1ccccc1.CC(c1ccccc1)C(C(=O)[O-])(c1ccccc1)c1ccccc1.[Pb+2]. The number of carbonyl (C=O) groups is 2. The summed E-state index contributed by atoms with van der Waals surface area (Å²) in [5, 5.41) is 25.1. The van der Waals surface area contributed by atoms with Crippen molar-refractivity contribution in [3.05, 3.63) is 215 Å². The van der Waals surface area contributed by atoms with Crippen molar-refractivity contribution in [3.8, 4) is 0 Å². The molecule has 242 valence electrons. The molecule has 0 amide bonds. The smallest absolute Gasteiger partial charge is 0.549 e. The largest absolute Gasteiger partial charge is 2.00 e. The Labute approximate surface area is 309 Å². The van der Waals surface area contributed by atoms with Crippen molar-refractivity contribution in [3.63, 3.8) is 0 Å². The quantitative estimate of drug-likeness (QED) is 0.145. The molecular weight excluding hydrogens is 800 g/mol. The zero-order valence-corrected chi connectivity index (χ0v) is 31.5. The van der Waals surface area contributed by atoms with Crippen molar-refractivity contribution in [2.75, 3.05) is 0 Å². The van der Waals surface area contributed by atoms with E-state index in [9.17, 15) is 19.8 Å². The second-order valence-corrected chi connectivity index (χ2v) is 11.9. The Bertz CT molecular complexity index is 1660. The van der Waals surface area contributed by atoms with Crippen LogP contribution in [-0.4, -0.2) is 39.2 Å². The van der Waals surface area contributed by atoms with Crippen molar-refractivity contribution in [2.45, 2.75) is 36.5 Å². The van der Waals surface area contributed by atoms with Crippen LogP contribution >= 0.6 is 0 Å². The van der Waals surface area contributed by atoms with Crippen LogP contribution in [0.1, 0.15) is 59.1 Å². The van der Waals surface area contributed by atoms with E-state index >= 15 is 0 Å². The fourth-order valence-electron chi connectivity index (χ4n) is 6.95. The molecule has 0 bridgehead atoms. The topological polar surface area (TPSA) is 80.3 Å². The first-order valence-corrected chi connectivity index (χ1v) is 16.1. The van der Waals surface area contributed by atoms with Gasteiger partial charge in [0.05, 0.1) is 22.8 Å². The van der Waals surface area contributed by atoms with Gasteiger partial charge in [-0.25, -0.2) is 0 Å². The zero-order chi connectivity index (χ0) is 34.0. The number of hydrogen-bond donors (Lipinski definition) is 0. The van der Waals surface area contributed by atoms with Gasteiger partial charge in [-0.15, -0.1) is 0 Å². The van der Waals surface area contributed by atoms with Gasteiger partial charge in [-0.05, 0) is 33.4 Å². The average Bonchev–Trinajstić information content (AvgIpc) is 3.15. The summed E-state index contributed by atoms with van der Waals surface area (Å²) in [6.45, 7) is 3.90. The molecule has 0 aromatic heterocycles. The zero-order valence-electron chi connectivity index (χ0n) is 27.6. The van der Waals surface area contributed by atoms with Crippen LogP contribution in [-0.2, 0) is 20.4 Å². The molecule has 0 spiro atoms. The molecule has 2 unspecified atom stereocenters. The minimum Gasteiger partial charge on any atom is -0.549 e. The molecule has 0 fully saturated rings. The first-order chi connectivity index (χ1) is 23.3. The fraction of sp³-hybridized carbons (Fsp3) is 0.136. The van der Waals surface area contributed by atoms with Crippen LogP contribution in [0.2, 0.25) is 0 Å². The summed E-state index contributed by atoms with van der Waals surface area (Å²) in [6.07, 6.45) is 0. The Morgan fingerprint density at radius 2 is 0.571 bits per heavy atom. The van der Waals surface area contributed by atoms with Gasteiger partial charge in [-0.1, -0.05) is 196 Å². The molecule has 5 heteroatoms. The fourth-order valence-corrected chi connectivity index (χ4v) is 6.95. The number of hydrogen-bond acceptors (Lipinski definition) is 4. The molecule has 0 heterocycles. The van der Waals surface area contributed by atoms with Crippen LogP contribution < -0.4 is 10.2 Å². The van der Waals surface area contributed by atoms with E-state index < -0.39 is 22.8 Å². The Hall–Kier alpha value is -4.82. The molecule has 0 saturated heterocycles. The minimum absolute atomic E-state index is 0. The predicted octanol–water partition coefficient (Wildman–Crippen LogP) is 6.67. The van der Waals surface area contributed by atoms with Gasteiger partial charge < -0.3 is 19.8 Å². The molecule has 6 aromatic carbocycles. The molecule has 0 saturated carbocycles. The Kier molecular flexibility index (Phi) is 12.9. The summed E-state index contributed by atoms with van der Waals surface area (Å²) >= 11 is 0. The molecule has 2 radical (unpaired) electrons. The summed E-state index contributed by atoms with van der Waals surface area (Å²) in [5.74, 6) is -2.74. The van der Waals surface area contributed by atoms with E-state index in [2.05, 4.69) is 0 Å². The second-order valence-electron chi connectivity index (χ2n) is 11.9. The maximum Gasteiger partial charge on any atom is 2.00 e. The van der Waals surface area contributed by atoms with Crippen molar-refractivity contribution < 1.29 is 19.8 Å². The van der Waals surface area contributed by atoms with Gasteiger partial charge in [0, 0.05) is 11.8 Å². The molecule has 49 heavy (non-hydrogen) atoms. The van der Waals surface area contributed by atoms with Crippen LogP contribution in [0, 0.1) is 0 Å². The third-order valence-corrected chi connectivity index (χ3v) is 9.46. The second kappa shape index (κ2) is 17.0. The third-order valence-electron chi connectivity index (χ3n) is 9.46. The van der Waals surface area contributed by atoms with E-state index in [-0.39, 0.29) is 39.1 Å². The first-order valence-electron chi connectivity index (χ1n) is 16.1. The maximum absolute atomic E-state index is 12.5. The summed E-state index contributed by atoms with van der Waals surface area (Å²) in [6, 6.07) is 56.9. The Morgan fingerprint density at radius 1 is 0.388 bits per heavy atom. The van der Waals surface area contributed by atoms with Gasteiger partial charge in [0.1, 0.15) is 0 Å². The van der Waals surface area contributed by atoms with Crippen molar-refractivity contribution in [1.29, 1.82) is 0 Å². The summed E-state index contributed by atoms with van der Waals surface area (Å²) in [4.78, 5) is 25.1. The van der Waals surface area contributed by atoms with E-state index in [0.29, 0.717) is 0 Å². The van der Waals surface area contributed by atoms with E-state index in [1.54, 1.807) is 0 Å². The van der Waals surface area contributed by atoms with Gasteiger partial charge in [0.25, 0.3) is 0 Å². The molecule has 6 rings (SSSR count). The maximum atomic E-state index is 12.5. The van der Waals surface area contributed by atoms with Crippen LogP contribution in [0.25, 0.3) is 0 Å². The van der Waals surface area contributed by atoms with Gasteiger partial charge in [-0.2, -0.15) is 0 Å². The van der Waals surface area contributed by atoms with Gasteiger partial charge in [0.2, 0.25) is 0 Å². The first kappa shape index (κ1) is 37.0. The van der Waals surface area contributed by atoms with Crippen molar-refractivity contribution in [2.24, 2.45) is 0 Å². The van der Waals surface area contributed by atoms with E-state index in [1.165, 1.54) is 0 Å². The summed E-state index contributed by atoms with van der Waals surface area (Å²) in [7, 11) is 0. The molecule has 4 nitrogen and oxygen atoms in total. The minimum atomic E-state index is -1.25. The number of rotatable bonds is 10. The number of aliphatic carboxylic acids is 2. The monoisotopic (exact) mass is 838 g/mol. The standard InChI is InChI=1S/2C22H20O2.Pb/c2*1-17(18-11-5-2-6-12-18)22(21(23)24,19-13-7-3-8-14-19)20-15-9-4-10-16-20;/h2*2-17H,1H3,(H,23,24);/q;;+2/p-2.